The van der Waals surface area contributed by atoms with Gasteiger partial charge in [0.2, 0.25) is 0 Å². The van der Waals surface area contributed by atoms with E-state index in [9.17, 15) is 19.2 Å². The van der Waals surface area contributed by atoms with E-state index >= 15 is 0 Å². The molecule has 6 heteroatoms. The molecule has 0 N–H and O–H groups in total. The number of ketones is 2. The van der Waals surface area contributed by atoms with E-state index in [2.05, 4.69) is 13.2 Å². The van der Waals surface area contributed by atoms with Gasteiger partial charge in [0.15, 0.2) is 11.6 Å². The second-order valence-electron chi connectivity index (χ2n) is 12.8. The Morgan fingerprint density at radius 1 is 0.805 bits per heavy atom. The van der Waals surface area contributed by atoms with Gasteiger partial charge < -0.3 is 9.47 Å². The minimum atomic E-state index is -1.21. The van der Waals surface area contributed by atoms with Crippen molar-refractivity contribution in [1.29, 1.82) is 0 Å². The van der Waals surface area contributed by atoms with Crippen LogP contribution in [0, 0.1) is 34.0 Å². The van der Waals surface area contributed by atoms with Crippen LogP contribution in [0.25, 0.3) is 0 Å². The van der Waals surface area contributed by atoms with Crippen molar-refractivity contribution in [3.05, 3.63) is 96.1 Å². The number of fused-ring (bicyclic) bond motifs is 3. The molecule has 0 aliphatic heterocycles. The highest BCUT2D eigenvalue weighted by atomic mass is 16.5. The molecule has 41 heavy (non-hydrogen) atoms. The van der Waals surface area contributed by atoms with Crippen molar-refractivity contribution in [3.8, 4) is 0 Å². The second kappa shape index (κ2) is 9.93. The van der Waals surface area contributed by atoms with Crippen molar-refractivity contribution >= 4 is 23.5 Å². The molecule has 2 bridgehead atoms. The Bertz CT molecular complexity index is 1440. The SMILES string of the molecule is C=C1C(=O)[C@@]23CC[C@@H](CC2[C@]2(COC(=O)c4ccccc4)CCC[C@@](C)(COC(=O)c4ccccc4)C12)C(=C)C3=O. The Morgan fingerprint density at radius 2 is 1.37 bits per heavy atom. The van der Waals surface area contributed by atoms with E-state index in [0.29, 0.717) is 48.0 Å². The standard InChI is InChI=1S/C35H36O6/c1-22-26-15-18-35(29(22)36)27(19-26)34(21-41-32(39)25-13-8-5-9-14-25)17-10-16-33(3,28(34)23(2)30(35)37)20-40-31(38)24-11-6-4-7-12-24/h4-9,11-14,26-28H,1-2,10,15-21H2,3H3/t26-,27?,28?,33-,34+,35-/m0/s1. The topological polar surface area (TPSA) is 86.7 Å². The van der Waals surface area contributed by atoms with Crippen LogP contribution in [-0.2, 0) is 19.1 Å². The molecule has 5 saturated carbocycles. The summed E-state index contributed by atoms with van der Waals surface area (Å²) < 4.78 is 12.0. The van der Waals surface area contributed by atoms with Gasteiger partial charge in [0.05, 0.1) is 29.8 Å². The maximum Gasteiger partial charge on any atom is 0.338 e. The first-order chi connectivity index (χ1) is 19.6. The molecule has 0 radical (unpaired) electrons. The zero-order valence-corrected chi connectivity index (χ0v) is 23.5. The summed E-state index contributed by atoms with van der Waals surface area (Å²) in [4.78, 5) is 54.4. The highest BCUT2D eigenvalue weighted by Crippen LogP contribution is 2.71. The molecule has 0 amide bonds. The molecule has 0 saturated heterocycles. The summed E-state index contributed by atoms with van der Waals surface area (Å²) in [6.07, 6.45) is 4.06. The normalized spacial score (nSPS) is 34.0. The Kier molecular flexibility index (Phi) is 6.63. The van der Waals surface area contributed by atoms with Crippen molar-refractivity contribution in [2.24, 2.45) is 34.0 Å². The number of benzene rings is 2. The van der Waals surface area contributed by atoms with Gasteiger partial charge in [-0.2, -0.15) is 0 Å². The third-order valence-electron chi connectivity index (χ3n) is 10.6. The summed E-state index contributed by atoms with van der Waals surface area (Å²) in [6.45, 7) is 10.6. The van der Waals surface area contributed by atoms with Crippen LogP contribution in [0.3, 0.4) is 0 Å². The van der Waals surface area contributed by atoms with Gasteiger partial charge in [-0.1, -0.05) is 62.9 Å². The minimum Gasteiger partial charge on any atom is -0.461 e. The number of rotatable bonds is 6. The van der Waals surface area contributed by atoms with Gasteiger partial charge >= 0.3 is 11.9 Å². The van der Waals surface area contributed by atoms with E-state index in [1.807, 2.05) is 19.1 Å². The van der Waals surface area contributed by atoms with Gasteiger partial charge in [-0.3, -0.25) is 9.59 Å². The molecule has 6 nitrogen and oxygen atoms in total. The number of esters is 2. The summed E-state index contributed by atoms with van der Waals surface area (Å²) in [5.74, 6) is -1.93. The zero-order valence-electron chi connectivity index (χ0n) is 23.5. The van der Waals surface area contributed by atoms with Crippen LogP contribution < -0.4 is 0 Å². The predicted octanol–water partition coefficient (Wildman–Crippen LogP) is 6.17. The number of hydrogen-bond acceptors (Lipinski definition) is 6. The van der Waals surface area contributed by atoms with E-state index < -0.39 is 34.1 Å². The van der Waals surface area contributed by atoms with E-state index in [0.717, 1.165) is 12.8 Å². The van der Waals surface area contributed by atoms with Crippen LogP contribution in [0.15, 0.2) is 85.0 Å². The van der Waals surface area contributed by atoms with Crippen LogP contribution in [-0.4, -0.2) is 36.7 Å². The zero-order chi connectivity index (χ0) is 29.0. The van der Waals surface area contributed by atoms with E-state index in [1.165, 1.54) is 0 Å². The van der Waals surface area contributed by atoms with E-state index in [4.69, 9.17) is 9.47 Å². The molecule has 0 aromatic heterocycles. The predicted molar refractivity (Wildman–Crippen MR) is 153 cm³/mol. The summed E-state index contributed by atoms with van der Waals surface area (Å²) in [5.41, 5.74) is -0.705. The molecule has 5 aliphatic carbocycles. The van der Waals surface area contributed by atoms with Crippen molar-refractivity contribution < 1.29 is 28.7 Å². The fraction of sp³-hybridized carbons (Fsp3) is 0.429. The van der Waals surface area contributed by atoms with Gasteiger partial charge in [0, 0.05) is 16.7 Å². The van der Waals surface area contributed by atoms with Crippen molar-refractivity contribution in [2.45, 2.75) is 45.4 Å². The lowest BCUT2D eigenvalue weighted by Gasteiger charge is -2.67. The van der Waals surface area contributed by atoms with Gasteiger partial charge in [0.25, 0.3) is 0 Å². The molecule has 2 unspecified atom stereocenters. The fourth-order valence-electron chi connectivity index (χ4n) is 8.86. The lowest BCUT2D eigenvalue weighted by Crippen LogP contribution is -2.69. The smallest absolute Gasteiger partial charge is 0.338 e. The average Bonchev–Trinajstić information content (AvgIpc) is 3.00. The molecule has 0 heterocycles. The minimum absolute atomic E-state index is 0.0139. The summed E-state index contributed by atoms with van der Waals surface area (Å²) in [5, 5.41) is 0. The molecule has 2 aromatic rings. The van der Waals surface area contributed by atoms with Crippen LogP contribution in [0.4, 0.5) is 0 Å². The van der Waals surface area contributed by atoms with E-state index in [-0.39, 0.29) is 36.6 Å². The number of allylic oxidation sites excluding steroid dienone is 2. The van der Waals surface area contributed by atoms with Gasteiger partial charge in [-0.15, -0.1) is 0 Å². The van der Waals surface area contributed by atoms with Crippen molar-refractivity contribution in [1.82, 2.24) is 0 Å². The van der Waals surface area contributed by atoms with Gasteiger partial charge in [0.1, 0.15) is 0 Å². The summed E-state index contributed by atoms with van der Waals surface area (Å²) in [6, 6.07) is 17.7. The number of ether oxygens (including phenoxy) is 2. The maximum atomic E-state index is 14.3. The first-order valence-corrected chi connectivity index (χ1v) is 14.6. The van der Waals surface area contributed by atoms with Crippen molar-refractivity contribution in [3.63, 3.8) is 0 Å². The van der Waals surface area contributed by atoms with E-state index in [1.54, 1.807) is 48.5 Å². The van der Waals surface area contributed by atoms with Crippen LogP contribution >= 0.6 is 0 Å². The molecule has 5 aliphatic rings. The second-order valence-corrected chi connectivity index (χ2v) is 12.8. The molecule has 212 valence electrons. The Morgan fingerprint density at radius 3 is 1.98 bits per heavy atom. The maximum absolute atomic E-state index is 14.3. The molecule has 5 fully saturated rings. The Labute approximate surface area is 240 Å². The lowest BCUT2D eigenvalue weighted by atomic mass is 9.35. The molecule has 2 aromatic carbocycles. The molecule has 7 rings (SSSR count). The number of hydrogen-bond donors (Lipinski definition) is 0. The number of carbonyl (C=O) groups is 4. The lowest BCUT2D eigenvalue weighted by molar-refractivity contribution is -0.187. The summed E-state index contributed by atoms with van der Waals surface area (Å²) in [7, 11) is 0. The van der Waals surface area contributed by atoms with Crippen LogP contribution in [0.2, 0.25) is 0 Å². The first kappa shape index (κ1) is 27.4. The first-order valence-electron chi connectivity index (χ1n) is 14.6. The highest BCUT2D eigenvalue weighted by Gasteiger charge is 2.73. The highest BCUT2D eigenvalue weighted by molar-refractivity contribution is 6.21. The monoisotopic (exact) mass is 552 g/mol. The summed E-state index contributed by atoms with van der Waals surface area (Å²) >= 11 is 0. The third kappa shape index (κ3) is 4.05. The van der Waals surface area contributed by atoms with Gasteiger partial charge in [-0.05, 0) is 79.4 Å². The van der Waals surface area contributed by atoms with Crippen LogP contribution in [0.1, 0.15) is 66.2 Å². The van der Waals surface area contributed by atoms with Gasteiger partial charge in [-0.25, -0.2) is 9.59 Å². The number of Topliss-reactive ketones (excluding diaryl/α,β-unsaturated/α-hetero) is 2. The molecule has 1 spiro atoms. The fourth-order valence-corrected chi connectivity index (χ4v) is 8.86. The van der Waals surface area contributed by atoms with Crippen molar-refractivity contribution in [2.75, 3.05) is 13.2 Å². The quantitative estimate of drug-likeness (QED) is 0.242. The molecular formula is C35H36O6. The molecule has 6 atom stereocenters. The Balaban J connectivity index is 1.39. The number of carbonyl (C=O) groups excluding carboxylic acids is 4. The molecular weight excluding hydrogens is 516 g/mol. The average molecular weight is 553 g/mol. The third-order valence-corrected chi connectivity index (χ3v) is 10.6. The Hall–Kier alpha value is -3.80. The largest absolute Gasteiger partial charge is 0.461 e. The van der Waals surface area contributed by atoms with Crippen LogP contribution in [0.5, 0.6) is 0 Å².